The molecule has 1 aliphatic heterocycles. The van der Waals surface area contributed by atoms with Crippen molar-refractivity contribution in [2.75, 3.05) is 11.1 Å². The summed E-state index contributed by atoms with van der Waals surface area (Å²) in [5.74, 6) is 0.928. The number of halogens is 1. The first-order chi connectivity index (χ1) is 13.1. The molecule has 0 aromatic heterocycles. The van der Waals surface area contributed by atoms with Crippen LogP contribution in [-0.2, 0) is 4.79 Å². The first-order valence-electron chi connectivity index (χ1n) is 9.47. The van der Waals surface area contributed by atoms with Crippen molar-refractivity contribution >= 4 is 40.7 Å². The predicted molar refractivity (Wildman–Crippen MR) is 112 cm³/mol. The maximum atomic E-state index is 12.8. The van der Waals surface area contributed by atoms with Gasteiger partial charge in [-0.2, -0.15) is 0 Å². The summed E-state index contributed by atoms with van der Waals surface area (Å²) in [5, 5.41) is 3.21. The minimum atomic E-state index is -0.367. The number of fused-ring (bicyclic) bond motifs is 1. The fourth-order valence-electron chi connectivity index (χ4n) is 4.02. The quantitative estimate of drug-likeness (QED) is 0.688. The smallest absolute Gasteiger partial charge is 0.242 e. The summed E-state index contributed by atoms with van der Waals surface area (Å²) in [4.78, 5) is 25.3. The average molecular weight is 400 g/mol. The molecule has 140 valence electrons. The number of nitrogens with one attached hydrogen (secondary N) is 1. The third-order valence-electron chi connectivity index (χ3n) is 5.47. The number of thioether (sulfide) groups is 1. The van der Waals surface area contributed by atoms with Crippen LogP contribution in [0.4, 0.5) is 5.69 Å². The molecule has 1 aliphatic carbocycles. The molecule has 0 bridgehead atoms. The Labute approximate surface area is 168 Å². The van der Waals surface area contributed by atoms with Gasteiger partial charge in [-0.15, -0.1) is 11.8 Å². The van der Waals surface area contributed by atoms with E-state index in [1.54, 1.807) is 24.3 Å². The molecule has 1 fully saturated rings. The summed E-state index contributed by atoms with van der Waals surface area (Å²) < 4.78 is 0. The molecular weight excluding hydrogens is 378 g/mol. The standard InChI is InChI=1S/C22H22ClNO2S/c23-16-7-9-17(10-8-16)24-22(26)21-18-11-6-15(14-4-2-1-3-5-14)12-19(18)20(25)13-27-21/h6-12,14,21H,1-5,13H2,(H,24,26)/t21-/m1/s1. The van der Waals surface area contributed by atoms with Crippen molar-refractivity contribution in [3.63, 3.8) is 0 Å². The number of amides is 1. The van der Waals surface area contributed by atoms with Gasteiger partial charge in [0.25, 0.3) is 0 Å². The van der Waals surface area contributed by atoms with E-state index >= 15 is 0 Å². The minimum absolute atomic E-state index is 0.0958. The minimum Gasteiger partial charge on any atom is -0.325 e. The third-order valence-corrected chi connectivity index (χ3v) is 6.95. The van der Waals surface area contributed by atoms with Crippen LogP contribution < -0.4 is 5.32 Å². The molecule has 1 N–H and O–H groups in total. The van der Waals surface area contributed by atoms with Crippen LogP contribution in [0.25, 0.3) is 0 Å². The van der Waals surface area contributed by atoms with Gasteiger partial charge in [0.2, 0.25) is 5.91 Å². The SMILES string of the molecule is O=C1CS[C@@H](C(=O)Nc2ccc(Cl)cc2)c2ccc(C3CCCCC3)cc21. The van der Waals surface area contributed by atoms with Gasteiger partial charge in [-0.3, -0.25) is 9.59 Å². The summed E-state index contributed by atoms with van der Waals surface area (Å²) in [6.07, 6.45) is 6.23. The maximum Gasteiger partial charge on any atom is 0.242 e. The fourth-order valence-corrected chi connectivity index (χ4v) is 5.21. The molecule has 2 aromatic carbocycles. The van der Waals surface area contributed by atoms with E-state index < -0.39 is 0 Å². The van der Waals surface area contributed by atoms with Crippen LogP contribution in [0.3, 0.4) is 0 Å². The highest BCUT2D eigenvalue weighted by Gasteiger charge is 2.32. The van der Waals surface area contributed by atoms with Gasteiger partial charge >= 0.3 is 0 Å². The molecule has 2 aliphatic rings. The zero-order chi connectivity index (χ0) is 18.8. The van der Waals surface area contributed by atoms with E-state index in [0.717, 1.165) is 11.1 Å². The Bertz CT molecular complexity index is 859. The summed E-state index contributed by atoms with van der Waals surface area (Å²) in [6, 6.07) is 13.2. The van der Waals surface area contributed by atoms with Gasteiger partial charge in [0.05, 0.1) is 5.75 Å². The van der Waals surface area contributed by atoms with Gasteiger partial charge in [0, 0.05) is 16.3 Å². The Hall–Kier alpha value is -1.78. The van der Waals surface area contributed by atoms with Crippen LogP contribution in [0.2, 0.25) is 5.02 Å². The Morgan fingerprint density at radius 1 is 1.04 bits per heavy atom. The zero-order valence-corrected chi connectivity index (χ0v) is 16.6. The number of hydrogen-bond donors (Lipinski definition) is 1. The van der Waals surface area contributed by atoms with Crippen LogP contribution in [-0.4, -0.2) is 17.4 Å². The average Bonchev–Trinajstić information content (AvgIpc) is 2.70. The number of ketones is 1. The summed E-state index contributed by atoms with van der Waals surface area (Å²) in [5.41, 5.74) is 3.53. The molecule has 0 spiro atoms. The van der Waals surface area contributed by atoms with E-state index in [2.05, 4.69) is 17.4 Å². The number of carbonyl (C=O) groups excluding carboxylic acids is 2. The van der Waals surface area contributed by atoms with Gasteiger partial charge in [-0.1, -0.05) is 43.0 Å². The molecule has 1 amide bonds. The van der Waals surface area contributed by atoms with E-state index in [1.165, 1.54) is 49.4 Å². The first kappa shape index (κ1) is 18.6. The molecule has 1 atom stereocenters. The number of anilines is 1. The molecule has 27 heavy (non-hydrogen) atoms. The lowest BCUT2D eigenvalue weighted by atomic mass is 9.82. The molecule has 0 saturated heterocycles. The van der Waals surface area contributed by atoms with Crippen LogP contribution in [0.15, 0.2) is 42.5 Å². The van der Waals surface area contributed by atoms with Crippen LogP contribution in [0.5, 0.6) is 0 Å². The molecule has 1 saturated carbocycles. The Morgan fingerprint density at radius 2 is 1.78 bits per heavy atom. The van der Waals surface area contributed by atoms with Crippen LogP contribution in [0.1, 0.15) is 64.8 Å². The number of Topliss-reactive ketones (excluding diaryl/α,β-unsaturated/α-hetero) is 1. The summed E-state index contributed by atoms with van der Waals surface area (Å²) in [6.45, 7) is 0. The molecule has 2 aromatic rings. The number of carbonyl (C=O) groups is 2. The second kappa shape index (κ2) is 8.07. The van der Waals surface area contributed by atoms with Crippen molar-refractivity contribution < 1.29 is 9.59 Å². The van der Waals surface area contributed by atoms with Crippen molar-refractivity contribution in [1.29, 1.82) is 0 Å². The molecule has 0 radical (unpaired) electrons. The normalized spacial score (nSPS) is 20.2. The predicted octanol–water partition coefficient (Wildman–Crippen LogP) is 6.00. The lowest BCUT2D eigenvalue weighted by molar-refractivity contribution is -0.115. The lowest BCUT2D eigenvalue weighted by Crippen LogP contribution is -2.26. The highest BCUT2D eigenvalue weighted by atomic mass is 35.5. The largest absolute Gasteiger partial charge is 0.325 e. The van der Waals surface area contributed by atoms with E-state index in [0.29, 0.717) is 22.4 Å². The Morgan fingerprint density at radius 3 is 2.52 bits per heavy atom. The molecule has 0 unspecified atom stereocenters. The van der Waals surface area contributed by atoms with Crippen LogP contribution in [0, 0.1) is 0 Å². The molecule has 1 heterocycles. The van der Waals surface area contributed by atoms with E-state index in [-0.39, 0.29) is 16.9 Å². The first-order valence-corrected chi connectivity index (χ1v) is 10.9. The van der Waals surface area contributed by atoms with Gasteiger partial charge in [-0.05, 0) is 60.2 Å². The third kappa shape index (κ3) is 4.07. The van der Waals surface area contributed by atoms with Crippen molar-refractivity contribution in [3.05, 3.63) is 64.2 Å². The number of hydrogen-bond acceptors (Lipinski definition) is 3. The molecule has 4 rings (SSSR count). The highest BCUT2D eigenvalue weighted by Crippen LogP contribution is 2.40. The lowest BCUT2D eigenvalue weighted by Gasteiger charge is -2.27. The fraction of sp³-hybridized carbons (Fsp3) is 0.364. The number of rotatable bonds is 3. The zero-order valence-electron chi connectivity index (χ0n) is 15.0. The Balaban J connectivity index is 1.57. The van der Waals surface area contributed by atoms with Crippen LogP contribution >= 0.6 is 23.4 Å². The maximum absolute atomic E-state index is 12.8. The summed E-state index contributed by atoms with van der Waals surface area (Å²) >= 11 is 7.30. The van der Waals surface area contributed by atoms with E-state index in [4.69, 9.17) is 11.6 Å². The second-order valence-corrected chi connectivity index (χ2v) is 8.82. The van der Waals surface area contributed by atoms with Crippen molar-refractivity contribution in [1.82, 2.24) is 0 Å². The van der Waals surface area contributed by atoms with Crippen molar-refractivity contribution in [3.8, 4) is 0 Å². The Kier molecular flexibility index (Phi) is 5.55. The van der Waals surface area contributed by atoms with Crippen molar-refractivity contribution in [2.24, 2.45) is 0 Å². The van der Waals surface area contributed by atoms with Gasteiger partial charge in [0.15, 0.2) is 5.78 Å². The highest BCUT2D eigenvalue weighted by molar-refractivity contribution is 8.01. The van der Waals surface area contributed by atoms with Gasteiger partial charge < -0.3 is 5.32 Å². The van der Waals surface area contributed by atoms with E-state index in [9.17, 15) is 9.59 Å². The summed E-state index contributed by atoms with van der Waals surface area (Å²) in [7, 11) is 0. The molecular formula is C22H22ClNO2S. The van der Waals surface area contributed by atoms with Gasteiger partial charge in [-0.25, -0.2) is 0 Å². The van der Waals surface area contributed by atoms with E-state index in [1.807, 2.05) is 6.07 Å². The van der Waals surface area contributed by atoms with Crippen molar-refractivity contribution in [2.45, 2.75) is 43.3 Å². The molecule has 5 heteroatoms. The molecule has 3 nitrogen and oxygen atoms in total. The number of benzene rings is 2. The second-order valence-electron chi connectivity index (χ2n) is 7.29. The topological polar surface area (TPSA) is 46.2 Å². The monoisotopic (exact) mass is 399 g/mol. The van der Waals surface area contributed by atoms with Gasteiger partial charge in [0.1, 0.15) is 5.25 Å².